The Bertz CT molecular complexity index is 1470. The second kappa shape index (κ2) is 11.3. The van der Waals surface area contributed by atoms with Crippen molar-refractivity contribution in [3.05, 3.63) is 88.4 Å². The smallest absolute Gasteiger partial charge is 0.244 e. The number of hydrogen-bond acceptors (Lipinski definition) is 3. The molecular weight excluding hydrogens is 523 g/mol. The minimum Gasteiger partial charge on any atom is -0.301 e. The van der Waals surface area contributed by atoms with Crippen LogP contribution in [0.5, 0.6) is 0 Å². The molecular formula is C30H32Cl2N2O2S. The molecule has 0 amide bonds. The van der Waals surface area contributed by atoms with Gasteiger partial charge < -0.3 is 4.90 Å². The molecule has 1 heterocycles. The Morgan fingerprint density at radius 2 is 1.59 bits per heavy atom. The highest BCUT2D eigenvalue weighted by Crippen LogP contribution is 2.33. The molecule has 1 saturated heterocycles. The second-order valence-corrected chi connectivity index (χ2v) is 12.7. The predicted molar refractivity (Wildman–Crippen MR) is 155 cm³/mol. The standard InChI is InChI=1S/C30H32Cl2N2O2S/c1-22-9-6-7-16-33(22)17-8-18-34(37(35,36)30-20-25(31)14-15-29(30)32)21-28-26-12-4-2-10-23(26)19-24-11-3-5-13-27(24)28/h2-5,10-15,19-20,22H,6-9,16-18,21H2,1H3. The molecule has 1 atom stereocenters. The zero-order valence-corrected chi connectivity index (χ0v) is 23.4. The van der Waals surface area contributed by atoms with Crippen LogP contribution < -0.4 is 0 Å². The maximum Gasteiger partial charge on any atom is 0.244 e. The monoisotopic (exact) mass is 554 g/mol. The number of halogens is 2. The molecule has 0 N–H and O–H groups in total. The normalized spacial score (nSPS) is 17.1. The summed E-state index contributed by atoms with van der Waals surface area (Å²) in [5, 5.41) is 4.84. The first-order chi connectivity index (χ1) is 17.8. The zero-order chi connectivity index (χ0) is 26.0. The second-order valence-electron chi connectivity index (χ2n) is 9.95. The van der Waals surface area contributed by atoms with E-state index in [1.165, 1.54) is 25.3 Å². The molecule has 4 aromatic carbocycles. The predicted octanol–water partition coefficient (Wildman–Crippen LogP) is 7.76. The summed E-state index contributed by atoms with van der Waals surface area (Å²) in [6.45, 7) is 4.85. The number of nitrogens with zero attached hydrogens (tertiary/aromatic N) is 2. The third-order valence-corrected chi connectivity index (χ3v) is 10.1. The van der Waals surface area contributed by atoms with Gasteiger partial charge in [0.2, 0.25) is 10.0 Å². The highest BCUT2D eigenvalue weighted by atomic mass is 35.5. The van der Waals surface area contributed by atoms with Gasteiger partial charge in [0.25, 0.3) is 0 Å². The molecule has 4 nitrogen and oxygen atoms in total. The van der Waals surface area contributed by atoms with Crippen molar-refractivity contribution in [3.8, 4) is 0 Å². The van der Waals surface area contributed by atoms with Crippen molar-refractivity contribution < 1.29 is 8.42 Å². The first-order valence-corrected chi connectivity index (χ1v) is 15.1. The van der Waals surface area contributed by atoms with E-state index in [2.05, 4.69) is 42.2 Å². The van der Waals surface area contributed by atoms with Gasteiger partial charge in [0.1, 0.15) is 4.90 Å². The first kappa shape index (κ1) is 26.5. The van der Waals surface area contributed by atoms with Gasteiger partial charge in [0.15, 0.2) is 0 Å². The molecule has 4 aromatic rings. The van der Waals surface area contributed by atoms with Crippen LogP contribution in [0.2, 0.25) is 10.0 Å². The number of fused-ring (bicyclic) bond motifs is 2. The van der Waals surface area contributed by atoms with Crippen molar-refractivity contribution >= 4 is 54.8 Å². The van der Waals surface area contributed by atoms with Gasteiger partial charge in [0, 0.05) is 24.2 Å². The van der Waals surface area contributed by atoms with Gasteiger partial charge in [-0.25, -0.2) is 8.42 Å². The van der Waals surface area contributed by atoms with Crippen LogP contribution >= 0.6 is 23.2 Å². The van der Waals surface area contributed by atoms with Crippen molar-refractivity contribution in [2.45, 2.75) is 50.1 Å². The highest BCUT2D eigenvalue weighted by Gasteiger charge is 2.29. The first-order valence-electron chi connectivity index (χ1n) is 12.9. The van der Waals surface area contributed by atoms with Crippen molar-refractivity contribution in [1.82, 2.24) is 9.21 Å². The molecule has 1 aliphatic rings. The van der Waals surface area contributed by atoms with Crippen LogP contribution in [0.4, 0.5) is 0 Å². The van der Waals surface area contributed by atoms with E-state index in [9.17, 15) is 8.42 Å². The van der Waals surface area contributed by atoms with Crippen LogP contribution in [0.25, 0.3) is 21.5 Å². The number of sulfonamides is 1. The molecule has 0 radical (unpaired) electrons. The van der Waals surface area contributed by atoms with Gasteiger partial charge in [-0.1, -0.05) is 78.2 Å². The van der Waals surface area contributed by atoms with Crippen molar-refractivity contribution in [2.24, 2.45) is 0 Å². The van der Waals surface area contributed by atoms with Crippen LogP contribution in [0.1, 0.15) is 38.2 Å². The van der Waals surface area contributed by atoms with Gasteiger partial charge in [-0.3, -0.25) is 0 Å². The van der Waals surface area contributed by atoms with E-state index < -0.39 is 10.0 Å². The molecule has 194 valence electrons. The number of benzene rings is 4. The molecule has 0 aliphatic carbocycles. The van der Waals surface area contributed by atoms with Crippen LogP contribution in [-0.2, 0) is 16.6 Å². The fraction of sp³-hybridized carbons (Fsp3) is 0.333. The summed E-state index contributed by atoms with van der Waals surface area (Å²) < 4.78 is 29.8. The third-order valence-electron chi connectivity index (χ3n) is 7.52. The van der Waals surface area contributed by atoms with E-state index in [0.29, 0.717) is 17.6 Å². The molecule has 0 aromatic heterocycles. The van der Waals surface area contributed by atoms with Gasteiger partial charge in [0.05, 0.1) is 5.02 Å². The zero-order valence-electron chi connectivity index (χ0n) is 21.0. The summed E-state index contributed by atoms with van der Waals surface area (Å²) in [7, 11) is -3.91. The summed E-state index contributed by atoms with van der Waals surface area (Å²) in [6, 6.07) is 23.7. The number of likely N-dealkylation sites (tertiary alicyclic amines) is 1. The van der Waals surface area contributed by atoms with Crippen molar-refractivity contribution in [1.29, 1.82) is 0 Å². The molecule has 1 unspecified atom stereocenters. The Hall–Kier alpha value is -2.15. The summed E-state index contributed by atoms with van der Waals surface area (Å²) in [6.07, 6.45) is 4.40. The van der Waals surface area contributed by atoms with Gasteiger partial charge in [-0.2, -0.15) is 4.31 Å². The Kier molecular flexibility index (Phi) is 8.08. The van der Waals surface area contributed by atoms with Gasteiger partial charge in [-0.05, 0) is 90.6 Å². The van der Waals surface area contributed by atoms with Crippen molar-refractivity contribution in [2.75, 3.05) is 19.6 Å². The Balaban J connectivity index is 1.55. The molecule has 0 bridgehead atoms. The van der Waals surface area contributed by atoms with Gasteiger partial charge >= 0.3 is 0 Å². The molecule has 37 heavy (non-hydrogen) atoms. The molecule has 0 saturated carbocycles. The number of piperidine rings is 1. The van der Waals surface area contributed by atoms with Crippen LogP contribution in [-0.4, -0.2) is 43.3 Å². The maximum absolute atomic E-state index is 14.1. The van der Waals surface area contributed by atoms with E-state index in [1.54, 1.807) is 16.4 Å². The van der Waals surface area contributed by atoms with Gasteiger partial charge in [-0.15, -0.1) is 0 Å². The quantitative estimate of drug-likeness (QED) is 0.209. The molecule has 7 heteroatoms. The Morgan fingerprint density at radius 3 is 2.27 bits per heavy atom. The summed E-state index contributed by atoms with van der Waals surface area (Å²) >= 11 is 12.6. The van der Waals surface area contributed by atoms with Crippen LogP contribution in [0, 0.1) is 0 Å². The molecule has 1 aliphatic heterocycles. The van der Waals surface area contributed by atoms with E-state index >= 15 is 0 Å². The molecule has 0 spiro atoms. The van der Waals surface area contributed by atoms with E-state index in [-0.39, 0.29) is 16.5 Å². The van der Waals surface area contributed by atoms with Crippen molar-refractivity contribution in [3.63, 3.8) is 0 Å². The number of rotatable bonds is 8. The lowest BCUT2D eigenvalue weighted by Gasteiger charge is -2.34. The largest absolute Gasteiger partial charge is 0.301 e. The number of hydrogen-bond donors (Lipinski definition) is 0. The lowest BCUT2D eigenvalue weighted by molar-refractivity contribution is 0.155. The van der Waals surface area contributed by atoms with E-state index in [0.717, 1.165) is 46.6 Å². The van der Waals surface area contributed by atoms with E-state index in [4.69, 9.17) is 23.2 Å². The van der Waals surface area contributed by atoms with Crippen LogP contribution in [0.15, 0.2) is 77.7 Å². The Morgan fingerprint density at radius 1 is 0.919 bits per heavy atom. The minimum absolute atomic E-state index is 0.0533. The minimum atomic E-state index is -3.91. The summed E-state index contributed by atoms with van der Waals surface area (Å²) in [4.78, 5) is 2.53. The SMILES string of the molecule is CC1CCCCN1CCCN(Cc1c2ccccc2cc2ccccc12)S(=O)(=O)c1cc(Cl)ccc1Cl. The average Bonchev–Trinajstić information content (AvgIpc) is 2.90. The topological polar surface area (TPSA) is 40.6 Å². The lowest BCUT2D eigenvalue weighted by atomic mass is 9.97. The van der Waals surface area contributed by atoms with Crippen LogP contribution in [0.3, 0.4) is 0 Å². The van der Waals surface area contributed by atoms with E-state index in [1.807, 2.05) is 24.3 Å². The maximum atomic E-state index is 14.1. The molecule has 1 fully saturated rings. The summed E-state index contributed by atoms with van der Waals surface area (Å²) in [5.41, 5.74) is 1.00. The highest BCUT2D eigenvalue weighted by molar-refractivity contribution is 7.89. The third kappa shape index (κ3) is 5.67. The lowest BCUT2D eigenvalue weighted by Crippen LogP contribution is -2.40. The average molecular weight is 556 g/mol. The fourth-order valence-corrected chi connectivity index (χ4v) is 7.68. The Labute approximate surface area is 229 Å². The molecule has 5 rings (SSSR count). The summed E-state index contributed by atoms with van der Waals surface area (Å²) in [5.74, 6) is 0. The fourth-order valence-electron chi connectivity index (χ4n) is 5.49.